The van der Waals surface area contributed by atoms with E-state index in [4.69, 9.17) is 4.74 Å². The second-order valence-corrected chi connectivity index (χ2v) is 3.53. The van der Waals surface area contributed by atoms with E-state index in [1.165, 1.54) is 20.1 Å². The summed E-state index contributed by atoms with van der Waals surface area (Å²) in [6, 6.07) is 1.23. The summed E-state index contributed by atoms with van der Waals surface area (Å²) in [6.45, 7) is 1.37. The summed E-state index contributed by atoms with van der Waals surface area (Å²) in [4.78, 5) is 32.8. The van der Waals surface area contributed by atoms with Crippen molar-refractivity contribution in [1.29, 1.82) is 0 Å². The molecule has 5 heteroatoms. The van der Waals surface area contributed by atoms with Crippen LogP contribution in [-0.2, 0) is 11.2 Å². The fourth-order valence-electron chi connectivity index (χ4n) is 1.61. The zero-order valence-electron chi connectivity index (χ0n) is 9.52. The normalized spacial score (nSPS) is 9.76. The lowest BCUT2D eigenvalue weighted by molar-refractivity contribution is -0.116. The van der Waals surface area contributed by atoms with E-state index < -0.39 is 0 Å². The molecule has 0 aliphatic heterocycles. The first-order valence-corrected chi connectivity index (χ1v) is 4.87. The van der Waals surface area contributed by atoms with Crippen molar-refractivity contribution in [3.05, 3.63) is 22.8 Å². The number of Topliss-reactive ketones (excluding diaryl/α,β-unsaturated/α-hetero) is 1. The number of ether oxygens (including phenoxy) is 1. The minimum atomic E-state index is -0.307. The molecule has 1 rings (SSSR count). The molecule has 17 heavy (non-hydrogen) atoms. The van der Waals surface area contributed by atoms with E-state index in [9.17, 15) is 19.5 Å². The Morgan fingerprint density at radius 1 is 1.35 bits per heavy atom. The van der Waals surface area contributed by atoms with Crippen molar-refractivity contribution in [1.82, 2.24) is 0 Å². The molecule has 0 aliphatic carbocycles. The molecule has 0 saturated heterocycles. The Labute approximate surface area is 98.0 Å². The Kier molecular flexibility index (Phi) is 3.98. The van der Waals surface area contributed by atoms with E-state index in [-0.39, 0.29) is 34.8 Å². The molecule has 0 unspecified atom stereocenters. The van der Waals surface area contributed by atoms with Crippen molar-refractivity contribution in [3.63, 3.8) is 0 Å². The zero-order valence-corrected chi connectivity index (χ0v) is 9.52. The minimum Gasteiger partial charge on any atom is -0.507 e. The van der Waals surface area contributed by atoms with E-state index in [0.717, 1.165) is 0 Å². The summed E-state index contributed by atoms with van der Waals surface area (Å²) >= 11 is 0. The largest absolute Gasteiger partial charge is 0.507 e. The Balaban J connectivity index is 3.52. The lowest BCUT2D eigenvalue weighted by Crippen LogP contribution is -2.05. The molecule has 0 fully saturated rings. The Hall–Kier alpha value is -2.17. The van der Waals surface area contributed by atoms with Gasteiger partial charge in [0.05, 0.1) is 18.2 Å². The number of hydrogen-bond donors (Lipinski definition) is 1. The second-order valence-electron chi connectivity index (χ2n) is 3.53. The minimum absolute atomic E-state index is 0.00285. The van der Waals surface area contributed by atoms with Crippen molar-refractivity contribution in [2.75, 3.05) is 7.11 Å². The van der Waals surface area contributed by atoms with Crippen molar-refractivity contribution in [3.8, 4) is 11.5 Å². The van der Waals surface area contributed by atoms with Crippen molar-refractivity contribution >= 4 is 18.4 Å². The van der Waals surface area contributed by atoms with Crippen LogP contribution in [0.2, 0.25) is 0 Å². The second kappa shape index (κ2) is 5.25. The topological polar surface area (TPSA) is 80.7 Å². The van der Waals surface area contributed by atoms with Gasteiger partial charge in [-0.1, -0.05) is 0 Å². The third kappa shape index (κ3) is 2.50. The number of benzene rings is 1. The maximum absolute atomic E-state index is 11.0. The SMILES string of the molecule is COc1c(C=O)c(O)cc(CC(C)=O)c1C=O. The van der Waals surface area contributed by atoms with Crippen LogP contribution in [0.4, 0.5) is 0 Å². The van der Waals surface area contributed by atoms with Crippen LogP contribution in [0.3, 0.4) is 0 Å². The maximum Gasteiger partial charge on any atom is 0.157 e. The van der Waals surface area contributed by atoms with Crippen LogP contribution < -0.4 is 4.74 Å². The number of phenolic OH excluding ortho intramolecular Hbond substituents is 1. The van der Waals surface area contributed by atoms with E-state index in [1.807, 2.05) is 0 Å². The van der Waals surface area contributed by atoms with E-state index in [2.05, 4.69) is 0 Å². The number of aromatic hydroxyl groups is 1. The van der Waals surface area contributed by atoms with Gasteiger partial charge in [0.1, 0.15) is 17.3 Å². The Bertz CT molecular complexity index is 476. The molecule has 0 bridgehead atoms. The third-order valence-electron chi connectivity index (χ3n) is 2.30. The quantitative estimate of drug-likeness (QED) is 0.776. The lowest BCUT2D eigenvalue weighted by atomic mass is 9.98. The summed E-state index contributed by atoms with van der Waals surface area (Å²) in [5, 5.41) is 9.60. The van der Waals surface area contributed by atoms with Gasteiger partial charge in [0.25, 0.3) is 0 Å². The standard InChI is InChI=1S/C12H12O5/c1-7(15)3-8-4-11(16)10(6-14)12(17-2)9(8)5-13/h4-6,16H,3H2,1-2H3. The fraction of sp³-hybridized carbons (Fsp3) is 0.250. The van der Waals surface area contributed by atoms with Gasteiger partial charge in [-0.25, -0.2) is 0 Å². The Morgan fingerprint density at radius 2 is 1.94 bits per heavy atom. The van der Waals surface area contributed by atoms with Gasteiger partial charge in [-0.15, -0.1) is 0 Å². The summed E-state index contributed by atoms with van der Waals surface area (Å²) in [5.41, 5.74) is 0.358. The number of phenols is 1. The molecule has 0 saturated carbocycles. The van der Waals surface area contributed by atoms with Gasteiger partial charge in [-0.05, 0) is 18.6 Å². The van der Waals surface area contributed by atoms with Crippen LogP contribution in [0, 0.1) is 0 Å². The predicted molar refractivity (Wildman–Crippen MR) is 59.8 cm³/mol. The van der Waals surface area contributed by atoms with E-state index in [0.29, 0.717) is 18.1 Å². The predicted octanol–water partition coefficient (Wildman–Crippen LogP) is 1.16. The third-order valence-corrected chi connectivity index (χ3v) is 2.30. The first-order chi connectivity index (χ1) is 8.04. The molecule has 5 nitrogen and oxygen atoms in total. The van der Waals surface area contributed by atoms with Gasteiger partial charge in [-0.2, -0.15) is 0 Å². The molecule has 1 aromatic carbocycles. The highest BCUT2D eigenvalue weighted by Crippen LogP contribution is 2.32. The first-order valence-electron chi connectivity index (χ1n) is 4.87. The van der Waals surface area contributed by atoms with E-state index >= 15 is 0 Å². The van der Waals surface area contributed by atoms with Crippen LogP contribution in [0.15, 0.2) is 6.07 Å². The molecule has 1 aromatic rings. The van der Waals surface area contributed by atoms with Crippen molar-refractivity contribution in [2.45, 2.75) is 13.3 Å². The summed E-state index contributed by atoms with van der Waals surface area (Å²) < 4.78 is 4.93. The van der Waals surface area contributed by atoms with Gasteiger partial charge in [0, 0.05) is 6.42 Å². The summed E-state index contributed by atoms with van der Waals surface area (Å²) in [7, 11) is 1.28. The highest BCUT2D eigenvalue weighted by molar-refractivity contribution is 5.94. The number of ketones is 1. The molecule has 0 atom stereocenters. The number of hydrogen-bond acceptors (Lipinski definition) is 5. The van der Waals surface area contributed by atoms with Crippen LogP contribution in [-0.4, -0.2) is 30.6 Å². The monoisotopic (exact) mass is 236 g/mol. The zero-order chi connectivity index (χ0) is 13.0. The van der Waals surface area contributed by atoms with Gasteiger partial charge in [-0.3, -0.25) is 14.4 Å². The molecule has 0 aromatic heterocycles. The molecule has 0 aliphatic rings. The summed E-state index contributed by atoms with van der Waals surface area (Å²) in [6.07, 6.45) is 0.902. The molecule has 0 radical (unpaired) electrons. The van der Waals surface area contributed by atoms with Crippen LogP contribution in [0.5, 0.6) is 11.5 Å². The average molecular weight is 236 g/mol. The fourth-order valence-corrected chi connectivity index (χ4v) is 1.61. The van der Waals surface area contributed by atoms with Crippen molar-refractivity contribution in [2.24, 2.45) is 0 Å². The Morgan fingerprint density at radius 3 is 2.35 bits per heavy atom. The molecule has 1 N–H and O–H groups in total. The van der Waals surface area contributed by atoms with Crippen LogP contribution >= 0.6 is 0 Å². The average Bonchev–Trinajstić information content (AvgIpc) is 2.27. The summed E-state index contributed by atoms with van der Waals surface area (Å²) in [5.74, 6) is -0.474. The maximum atomic E-state index is 11.0. The van der Waals surface area contributed by atoms with Gasteiger partial charge >= 0.3 is 0 Å². The molecule has 0 heterocycles. The van der Waals surface area contributed by atoms with Gasteiger partial charge < -0.3 is 9.84 Å². The smallest absolute Gasteiger partial charge is 0.157 e. The number of carbonyl (C=O) groups is 3. The lowest BCUT2D eigenvalue weighted by Gasteiger charge is -2.12. The molecule has 0 amide bonds. The van der Waals surface area contributed by atoms with Crippen LogP contribution in [0.1, 0.15) is 33.2 Å². The number of methoxy groups -OCH3 is 1. The molecule has 0 spiro atoms. The molecular weight excluding hydrogens is 224 g/mol. The highest BCUT2D eigenvalue weighted by atomic mass is 16.5. The van der Waals surface area contributed by atoms with Crippen LogP contribution in [0.25, 0.3) is 0 Å². The molecular formula is C12H12O5. The molecule has 90 valence electrons. The number of carbonyl (C=O) groups excluding carboxylic acids is 3. The van der Waals surface area contributed by atoms with Crippen molar-refractivity contribution < 1.29 is 24.2 Å². The highest BCUT2D eigenvalue weighted by Gasteiger charge is 2.18. The van der Waals surface area contributed by atoms with Gasteiger partial charge in [0.15, 0.2) is 12.6 Å². The van der Waals surface area contributed by atoms with Gasteiger partial charge in [0.2, 0.25) is 0 Å². The first kappa shape index (κ1) is 12.9. The number of aldehydes is 2. The van der Waals surface area contributed by atoms with E-state index in [1.54, 1.807) is 0 Å². The number of rotatable bonds is 5.